The van der Waals surface area contributed by atoms with Crippen LogP contribution in [0.15, 0.2) is 69.9 Å². The molecule has 0 aliphatic rings. The minimum Gasteiger partial charge on any atom is -0.484 e. The fourth-order valence-electron chi connectivity index (χ4n) is 3.24. The number of benzene rings is 3. The molecular formula is C23H19NO4. The van der Waals surface area contributed by atoms with Crippen LogP contribution in [0.5, 0.6) is 5.75 Å². The Morgan fingerprint density at radius 1 is 0.929 bits per heavy atom. The van der Waals surface area contributed by atoms with Crippen molar-refractivity contribution in [3.8, 4) is 5.75 Å². The van der Waals surface area contributed by atoms with Gasteiger partial charge in [-0.1, -0.05) is 18.2 Å². The lowest BCUT2D eigenvalue weighted by atomic mass is 10.1. The number of carbonyl (C=O) groups excluding carboxylic acids is 1. The van der Waals surface area contributed by atoms with Gasteiger partial charge in [0.25, 0.3) is 5.91 Å². The number of fused-ring (bicyclic) bond motifs is 2. The number of anilines is 1. The Hall–Kier alpha value is -3.60. The third kappa shape index (κ3) is 3.60. The third-order valence-electron chi connectivity index (χ3n) is 4.43. The van der Waals surface area contributed by atoms with Gasteiger partial charge in [-0.3, -0.25) is 9.59 Å². The summed E-state index contributed by atoms with van der Waals surface area (Å²) in [5.41, 5.74) is 3.55. The largest absolute Gasteiger partial charge is 0.484 e. The van der Waals surface area contributed by atoms with Crippen LogP contribution in [-0.2, 0) is 4.79 Å². The van der Waals surface area contributed by atoms with Crippen LogP contribution in [0.2, 0.25) is 0 Å². The molecule has 4 rings (SSSR count). The van der Waals surface area contributed by atoms with Crippen LogP contribution >= 0.6 is 0 Å². The zero-order valence-corrected chi connectivity index (χ0v) is 15.6. The Balaban J connectivity index is 1.53. The van der Waals surface area contributed by atoms with E-state index in [-0.39, 0.29) is 17.9 Å². The van der Waals surface area contributed by atoms with E-state index in [2.05, 4.69) is 5.32 Å². The van der Waals surface area contributed by atoms with Gasteiger partial charge in [-0.2, -0.15) is 0 Å². The molecule has 0 atom stereocenters. The van der Waals surface area contributed by atoms with Gasteiger partial charge in [-0.25, -0.2) is 0 Å². The van der Waals surface area contributed by atoms with E-state index in [9.17, 15) is 9.59 Å². The van der Waals surface area contributed by atoms with Gasteiger partial charge in [0.2, 0.25) is 5.43 Å². The van der Waals surface area contributed by atoms with Gasteiger partial charge in [0.15, 0.2) is 6.61 Å². The van der Waals surface area contributed by atoms with E-state index in [0.717, 1.165) is 11.1 Å². The normalized spacial score (nSPS) is 10.9. The second-order valence-corrected chi connectivity index (χ2v) is 6.80. The minimum absolute atomic E-state index is 0.0899. The zero-order chi connectivity index (χ0) is 19.7. The molecule has 4 aromatic rings. The van der Waals surface area contributed by atoms with Gasteiger partial charge in [-0.05, 0) is 61.4 Å². The van der Waals surface area contributed by atoms with Crippen molar-refractivity contribution in [2.45, 2.75) is 13.8 Å². The second-order valence-electron chi connectivity index (χ2n) is 6.80. The molecule has 3 aromatic carbocycles. The summed E-state index contributed by atoms with van der Waals surface area (Å²) in [6, 6.07) is 17.9. The summed E-state index contributed by atoms with van der Waals surface area (Å²) in [4.78, 5) is 24.8. The molecule has 0 bridgehead atoms. The van der Waals surface area contributed by atoms with Gasteiger partial charge in [0.1, 0.15) is 16.9 Å². The van der Waals surface area contributed by atoms with E-state index in [0.29, 0.717) is 33.4 Å². The lowest BCUT2D eigenvalue weighted by Crippen LogP contribution is -2.20. The molecule has 0 aliphatic carbocycles. The Morgan fingerprint density at radius 2 is 1.64 bits per heavy atom. The minimum atomic E-state index is -0.290. The predicted octanol–water partition coefficient (Wildman–Crippen LogP) is 4.58. The lowest BCUT2D eigenvalue weighted by molar-refractivity contribution is -0.118. The van der Waals surface area contributed by atoms with Gasteiger partial charge in [-0.15, -0.1) is 0 Å². The maximum absolute atomic E-state index is 12.6. The van der Waals surface area contributed by atoms with Gasteiger partial charge < -0.3 is 14.5 Å². The average molecular weight is 373 g/mol. The fourth-order valence-corrected chi connectivity index (χ4v) is 3.24. The maximum Gasteiger partial charge on any atom is 0.262 e. The summed E-state index contributed by atoms with van der Waals surface area (Å²) in [5, 5.41) is 3.79. The Morgan fingerprint density at radius 3 is 2.43 bits per heavy atom. The van der Waals surface area contributed by atoms with Crippen molar-refractivity contribution in [1.29, 1.82) is 0 Å². The topological polar surface area (TPSA) is 68.5 Å². The highest BCUT2D eigenvalue weighted by atomic mass is 16.5. The molecular weight excluding hydrogens is 354 g/mol. The Kier molecular flexibility index (Phi) is 4.57. The van der Waals surface area contributed by atoms with Crippen LogP contribution in [0.25, 0.3) is 21.9 Å². The number of carbonyl (C=O) groups is 1. The Labute approximate surface area is 161 Å². The molecule has 1 heterocycles. The molecule has 0 fully saturated rings. The third-order valence-corrected chi connectivity index (χ3v) is 4.43. The summed E-state index contributed by atoms with van der Waals surface area (Å²) in [6.45, 7) is 3.85. The van der Waals surface area contributed by atoms with E-state index in [4.69, 9.17) is 9.15 Å². The van der Waals surface area contributed by atoms with E-state index < -0.39 is 0 Å². The second kappa shape index (κ2) is 7.19. The first-order chi connectivity index (χ1) is 13.5. The molecule has 28 heavy (non-hydrogen) atoms. The van der Waals surface area contributed by atoms with Crippen LogP contribution in [0.4, 0.5) is 5.69 Å². The molecule has 5 nitrogen and oxygen atoms in total. The molecule has 140 valence electrons. The predicted molar refractivity (Wildman–Crippen MR) is 110 cm³/mol. The monoisotopic (exact) mass is 373 g/mol. The number of nitrogens with one attached hydrogen (secondary N) is 1. The SMILES string of the molecule is Cc1cc(C)cc(OCC(=O)Nc2ccc3c(=O)c4ccccc4oc3c2)c1. The summed E-state index contributed by atoms with van der Waals surface area (Å²) in [7, 11) is 0. The molecule has 0 saturated carbocycles. The quantitative estimate of drug-likeness (QED) is 0.532. The standard InChI is InChI=1S/C23H19NO4/c1-14-9-15(2)11-17(10-14)27-13-22(25)24-16-7-8-19-21(12-16)28-20-6-4-3-5-18(20)23(19)26/h3-12H,13H2,1-2H3,(H,24,25). The van der Waals surface area contributed by atoms with E-state index >= 15 is 0 Å². The number of amides is 1. The van der Waals surface area contributed by atoms with Crippen molar-refractivity contribution in [3.05, 3.63) is 82.0 Å². The number of hydrogen-bond acceptors (Lipinski definition) is 4. The smallest absolute Gasteiger partial charge is 0.262 e. The van der Waals surface area contributed by atoms with Crippen molar-refractivity contribution in [2.75, 3.05) is 11.9 Å². The van der Waals surface area contributed by atoms with Gasteiger partial charge in [0, 0.05) is 11.8 Å². The fraction of sp³-hybridized carbons (Fsp3) is 0.130. The molecule has 0 spiro atoms. The zero-order valence-electron chi connectivity index (χ0n) is 15.6. The summed E-state index contributed by atoms with van der Waals surface area (Å²) >= 11 is 0. The van der Waals surface area contributed by atoms with E-state index in [1.54, 1.807) is 36.4 Å². The molecule has 0 radical (unpaired) electrons. The summed E-state index contributed by atoms with van der Waals surface area (Å²) < 4.78 is 11.4. The molecule has 0 unspecified atom stereocenters. The number of hydrogen-bond donors (Lipinski definition) is 1. The maximum atomic E-state index is 12.6. The van der Waals surface area contributed by atoms with Crippen LogP contribution in [0.1, 0.15) is 11.1 Å². The van der Waals surface area contributed by atoms with Crippen molar-refractivity contribution in [1.82, 2.24) is 0 Å². The van der Waals surface area contributed by atoms with Crippen LogP contribution in [-0.4, -0.2) is 12.5 Å². The van der Waals surface area contributed by atoms with Crippen molar-refractivity contribution in [2.24, 2.45) is 0 Å². The van der Waals surface area contributed by atoms with E-state index in [1.807, 2.05) is 38.1 Å². The number of ether oxygens (including phenoxy) is 1. The lowest BCUT2D eigenvalue weighted by Gasteiger charge is -2.09. The van der Waals surface area contributed by atoms with Crippen molar-refractivity contribution in [3.63, 3.8) is 0 Å². The summed E-state index contributed by atoms with van der Waals surface area (Å²) in [6.07, 6.45) is 0. The molecule has 0 aliphatic heterocycles. The molecule has 1 aromatic heterocycles. The first-order valence-corrected chi connectivity index (χ1v) is 8.96. The first kappa shape index (κ1) is 17.8. The van der Waals surface area contributed by atoms with Crippen molar-refractivity contribution < 1.29 is 13.9 Å². The number of para-hydroxylation sites is 1. The number of aryl methyl sites for hydroxylation is 2. The highest BCUT2D eigenvalue weighted by molar-refractivity contribution is 5.96. The van der Waals surface area contributed by atoms with Gasteiger partial charge >= 0.3 is 0 Å². The summed E-state index contributed by atoms with van der Waals surface area (Å²) in [5.74, 6) is 0.366. The molecule has 1 N–H and O–H groups in total. The van der Waals surface area contributed by atoms with Crippen LogP contribution in [0, 0.1) is 13.8 Å². The van der Waals surface area contributed by atoms with Crippen LogP contribution in [0.3, 0.4) is 0 Å². The van der Waals surface area contributed by atoms with E-state index in [1.165, 1.54) is 0 Å². The van der Waals surface area contributed by atoms with Crippen LogP contribution < -0.4 is 15.5 Å². The van der Waals surface area contributed by atoms with Crippen molar-refractivity contribution >= 4 is 33.5 Å². The molecule has 0 saturated heterocycles. The first-order valence-electron chi connectivity index (χ1n) is 8.96. The average Bonchev–Trinajstić information content (AvgIpc) is 2.66. The Bertz CT molecular complexity index is 1240. The van der Waals surface area contributed by atoms with Gasteiger partial charge in [0.05, 0.1) is 10.8 Å². The number of rotatable bonds is 4. The highest BCUT2D eigenvalue weighted by Gasteiger charge is 2.10. The highest BCUT2D eigenvalue weighted by Crippen LogP contribution is 2.22. The molecule has 5 heteroatoms. The molecule has 1 amide bonds.